The monoisotopic (exact) mass is 363 g/mol. The molecule has 9 heteroatoms. The van der Waals surface area contributed by atoms with Gasteiger partial charge in [-0.3, -0.25) is 14.3 Å². The first-order valence-electron chi connectivity index (χ1n) is 8.92. The van der Waals surface area contributed by atoms with Crippen LogP contribution in [0.15, 0.2) is 29.3 Å². The number of rotatable bonds is 4. The number of carbonyl (C=O) groups is 1. The normalized spacial score (nSPS) is 13.2. The molecule has 0 aliphatic heterocycles. The van der Waals surface area contributed by atoms with E-state index in [0.29, 0.717) is 17.4 Å². The Bertz CT molecular complexity index is 1120. The second-order valence-electron chi connectivity index (χ2n) is 5.27. The van der Waals surface area contributed by atoms with E-state index in [0.717, 1.165) is 6.20 Å². The van der Waals surface area contributed by atoms with Crippen LogP contribution in [0.5, 0.6) is 0 Å². The number of amides is 1. The lowest BCUT2D eigenvalue weighted by Gasteiger charge is -2.10. The maximum absolute atomic E-state index is 12.7. The van der Waals surface area contributed by atoms with Gasteiger partial charge in [-0.05, 0) is 19.1 Å². The van der Waals surface area contributed by atoms with Crippen LogP contribution in [-0.4, -0.2) is 32.2 Å². The van der Waals surface area contributed by atoms with Crippen molar-refractivity contribution in [2.45, 2.75) is 13.5 Å². The van der Waals surface area contributed by atoms with Gasteiger partial charge in [0.05, 0.1) is 16.8 Å². The third-order valence-corrected chi connectivity index (χ3v) is 4.01. The molecule has 0 saturated carbocycles. The third-order valence-electron chi connectivity index (χ3n) is 3.80. The van der Waals surface area contributed by atoms with Gasteiger partial charge in [0.25, 0.3) is 11.5 Å². The van der Waals surface area contributed by atoms with E-state index in [4.69, 9.17) is 15.7 Å². The van der Waals surface area contributed by atoms with Crippen molar-refractivity contribution in [3.63, 3.8) is 0 Å². The van der Waals surface area contributed by atoms with Gasteiger partial charge in [-0.25, -0.2) is 4.98 Å². The Labute approximate surface area is 152 Å². The number of aryl methyl sites for hydroxylation is 2. The van der Waals surface area contributed by atoms with E-state index in [1.54, 1.807) is 19.3 Å². The Hall–Kier alpha value is -2.87. The van der Waals surface area contributed by atoms with Crippen LogP contribution in [0.2, 0.25) is 5.15 Å². The van der Waals surface area contributed by atoms with E-state index in [1.165, 1.54) is 15.3 Å². The van der Waals surface area contributed by atoms with E-state index in [9.17, 15) is 9.59 Å². The molecule has 0 radical (unpaired) electrons. The molecule has 0 atom stereocenters. The minimum absolute atomic E-state index is 0.0499. The SMILES string of the molecule is [2H]C([2H])([2H])NC(=O)c1cnc(Cl)cc1Nc1nn(C)c2ccn(CC)c(=O)c12. The summed E-state index contributed by atoms with van der Waals surface area (Å²) in [5.74, 6) is -0.645. The van der Waals surface area contributed by atoms with Gasteiger partial charge in [0.15, 0.2) is 5.82 Å². The van der Waals surface area contributed by atoms with Crippen molar-refractivity contribution >= 4 is 39.9 Å². The highest BCUT2D eigenvalue weighted by Gasteiger charge is 2.17. The Kier molecular flexibility index (Phi) is 3.52. The molecular weight excluding hydrogens is 344 g/mol. The molecular formula is C16H17ClN6O2. The number of aromatic nitrogens is 4. The average Bonchev–Trinajstić information content (AvgIpc) is 2.90. The fourth-order valence-electron chi connectivity index (χ4n) is 2.56. The molecule has 0 aliphatic carbocycles. The molecule has 8 nitrogen and oxygen atoms in total. The summed E-state index contributed by atoms with van der Waals surface area (Å²) >= 11 is 5.94. The second kappa shape index (κ2) is 6.56. The lowest BCUT2D eigenvalue weighted by Crippen LogP contribution is -2.20. The fourth-order valence-corrected chi connectivity index (χ4v) is 2.71. The molecule has 0 unspecified atom stereocenters. The number of nitrogens with zero attached hydrogens (tertiary/aromatic N) is 4. The van der Waals surface area contributed by atoms with Crippen LogP contribution < -0.4 is 16.2 Å². The maximum Gasteiger partial charge on any atom is 0.263 e. The zero-order valence-electron chi connectivity index (χ0n) is 16.5. The first-order chi connectivity index (χ1) is 13.1. The predicted octanol–water partition coefficient (Wildman–Crippen LogP) is 1.91. The van der Waals surface area contributed by atoms with Crippen molar-refractivity contribution in [2.75, 3.05) is 12.3 Å². The number of pyridine rings is 2. The minimum Gasteiger partial charge on any atom is -0.355 e. The third kappa shape index (κ3) is 2.96. The van der Waals surface area contributed by atoms with Crippen molar-refractivity contribution < 1.29 is 8.91 Å². The molecule has 25 heavy (non-hydrogen) atoms. The van der Waals surface area contributed by atoms with Crippen LogP contribution in [0, 0.1) is 0 Å². The van der Waals surface area contributed by atoms with Crippen LogP contribution in [0.4, 0.5) is 11.5 Å². The van der Waals surface area contributed by atoms with Crippen molar-refractivity contribution in [3.8, 4) is 0 Å². The predicted molar refractivity (Wildman–Crippen MR) is 96.6 cm³/mol. The Morgan fingerprint density at radius 1 is 1.48 bits per heavy atom. The fraction of sp³-hybridized carbons (Fsp3) is 0.250. The molecule has 0 bridgehead atoms. The first-order valence-corrected chi connectivity index (χ1v) is 7.79. The number of halogens is 1. The van der Waals surface area contributed by atoms with Gasteiger partial charge in [0, 0.05) is 37.1 Å². The second-order valence-corrected chi connectivity index (χ2v) is 5.66. The molecule has 0 aliphatic rings. The summed E-state index contributed by atoms with van der Waals surface area (Å²) in [6.45, 7) is -0.340. The average molecular weight is 364 g/mol. The zero-order valence-corrected chi connectivity index (χ0v) is 14.3. The van der Waals surface area contributed by atoms with Crippen molar-refractivity contribution in [2.24, 2.45) is 7.05 Å². The number of nitrogens with one attached hydrogen (secondary N) is 2. The van der Waals surface area contributed by atoms with Crippen LogP contribution in [0.1, 0.15) is 21.4 Å². The van der Waals surface area contributed by atoms with E-state index in [-0.39, 0.29) is 27.8 Å². The van der Waals surface area contributed by atoms with Gasteiger partial charge in [0.1, 0.15) is 10.5 Å². The van der Waals surface area contributed by atoms with Crippen LogP contribution in [-0.2, 0) is 13.6 Å². The summed E-state index contributed by atoms with van der Waals surface area (Å²) in [5, 5.41) is 9.55. The van der Waals surface area contributed by atoms with Gasteiger partial charge < -0.3 is 15.2 Å². The first kappa shape index (κ1) is 13.4. The highest BCUT2D eigenvalue weighted by atomic mass is 35.5. The maximum atomic E-state index is 12.7. The summed E-state index contributed by atoms with van der Waals surface area (Å²) in [6, 6.07) is 3.12. The summed E-state index contributed by atoms with van der Waals surface area (Å²) in [6.07, 6.45) is 2.83. The smallest absolute Gasteiger partial charge is 0.263 e. The quantitative estimate of drug-likeness (QED) is 0.690. The Balaban J connectivity index is 2.11. The highest BCUT2D eigenvalue weighted by Crippen LogP contribution is 2.26. The van der Waals surface area contributed by atoms with Gasteiger partial charge >= 0.3 is 0 Å². The van der Waals surface area contributed by atoms with Gasteiger partial charge in [-0.2, -0.15) is 5.10 Å². The molecule has 0 saturated heterocycles. The number of fused-ring (bicyclic) bond motifs is 1. The molecule has 1 amide bonds. The summed E-state index contributed by atoms with van der Waals surface area (Å²) < 4.78 is 24.7. The number of carbonyl (C=O) groups excluding carboxylic acids is 1. The standard InChI is InChI=1S/C16H17ClN6O2/c1-4-23-6-5-11-13(16(23)25)14(21-22(11)3)20-10-7-12(17)19-8-9(10)15(24)18-2/h5-8H,4H2,1-3H3,(H,18,24)(H,19,20,21)/i2D3. The number of hydrogen-bond acceptors (Lipinski definition) is 5. The summed E-state index contributed by atoms with van der Waals surface area (Å²) in [5.41, 5.74) is 0.481. The van der Waals surface area contributed by atoms with E-state index < -0.39 is 12.9 Å². The summed E-state index contributed by atoms with van der Waals surface area (Å²) in [4.78, 5) is 28.9. The van der Waals surface area contributed by atoms with Crippen LogP contribution in [0.3, 0.4) is 0 Å². The lowest BCUT2D eigenvalue weighted by atomic mass is 10.2. The minimum atomic E-state index is -2.67. The molecule has 3 heterocycles. The topological polar surface area (TPSA) is 93.8 Å². The molecule has 3 aromatic rings. The molecule has 2 N–H and O–H groups in total. The molecule has 0 spiro atoms. The molecule has 3 rings (SSSR count). The van der Waals surface area contributed by atoms with Gasteiger partial charge in [-0.1, -0.05) is 11.6 Å². The number of hydrogen-bond donors (Lipinski definition) is 2. The van der Waals surface area contributed by atoms with Crippen LogP contribution in [0.25, 0.3) is 10.9 Å². The van der Waals surface area contributed by atoms with Crippen molar-refractivity contribution in [1.29, 1.82) is 0 Å². The van der Waals surface area contributed by atoms with E-state index >= 15 is 0 Å². The van der Waals surface area contributed by atoms with Crippen molar-refractivity contribution in [1.82, 2.24) is 24.6 Å². The van der Waals surface area contributed by atoms with Crippen LogP contribution >= 0.6 is 11.6 Å². The number of anilines is 2. The van der Waals surface area contributed by atoms with Gasteiger partial charge in [-0.15, -0.1) is 0 Å². The highest BCUT2D eigenvalue weighted by molar-refractivity contribution is 6.29. The lowest BCUT2D eigenvalue weighted by molar-refractivity contribution is 0.0963. The van der Waals surface area contributed by atoms with E-state index in [2.05, 4.69) is 15.4 Å². The molecule has 0 aromatic carbocycles. The molecule has 130 valence electrons. The molecule has 0 fully saturated rings. The van der Waals surface area contributed by atoms with Gasteiger partial charge in [0.2, 0.25) is 0 Å². The summed E-state index contributed by atoms with van der Waals surface area (Å²) in [7, 11) is 1.69. The largest absolute Gasteiger partial charge is 0.355 e. The molecule has 3 aromatic heterocycles. The van der Waals surface area contributed by atoms with E-state index in [1.807, 2.05) is 12.2 Å². The van der Waals surface area contributed by atoms with Crippen molar-refractivity contribution in [3.05, 3.63) is 45.6 Å². The zero-order chi connectivity index (χ0) is 20.6. The Morgan fingerprint density at radius 3 is 3.00 bits per heavy atom. The Morgan fingerprint density at radius 2 is 2.28 bits per heavy atom.